The van der Waals surface area contributed by atoms with Crippen LogP contribution in [0.5, 0.6) is 0 Å². The Balaban J connectivity index is 0.00000242. The van der Waals surface area contributed by atoms with Gasteiger partial charge in [-0.3, -0.25) is 4.79 Å². The number of amides is 1. The van der Waals surface area contributed by atoms with Crippen molar-refractivity contribution in [3.05, 3.63) is 41.8 Å². The van der Waals surface area contributed by atoms with E-state index in [0.29, 0.717) is 18.1 Å². The molecule has 2 aromatic rings. The van der Waals surface area contributed by atoms with Crippen molar-refractivity contribution in [3.63, 3.8) is 0 Å². The molecule has 1 aromatic heterocycles. The molecule has 6 heteroatoms. The number of benzene rings is 1. The first-order valence-corrected chi connectivity index (χ1v) is 7.16. The SMILES string of the molecule is CCN[C@H](C)CNC(=O)c1oc(-c2ccccc2)nc1C.Cl. The van der Waals surface area contributed by atoms with Crippen LogP contribution in [0.1, 0.15) is 30.1 Å². The molecule has 2 rings (SSSR count). The summed E-state index contributed by atoms with van der Waals surface area (Å²) in [4.78, 5) is 16.5. The molecule has 0 aliphatic heterocycles. The Morgan fingerprint density at radius 3 is 2.64 bits per heavy atom. The van der Waals surface area contributed by atoms with Gasteiger partial charge in [-0.1, -0.05) is 25.1 Å². The molecular weight excluding hydrogens is 302 g/mol. The molecule has 0 spiro atoms. The third kappa shape index (κ3) is 4.58. The summed E-state index contributed by atoms with van der Waals surface area (Å²) in [5.74, 6) is 0.516. The number of rotatable bonds is 6. The van der Waals surface area contributed by atoms with E-state index in [4.69, 9.17) is 4.42 Å². The quantitative estimate of drug-likeness (QED) is 0.858. The highest BCUT2D eigenvalue weighted by molar-refractivity contribution is 5.92. The summed E-state index contributed by atoms with van der Waals surface area (Å²) in [5, 5.41) is 6.09. The van der Waals surface area contributed by atoms with Gasteiger partial charge < -0.3 is 15.1 Å². The summed E-state index contributed by atoms with van der Waals surface area (Å²) in [6.45, 7) is 7.25. The van der Waals surface area contributed by atoms with Crippen LogP contribution in [0.2, 0.25) is 0 Å². The molecule has 0 aliphatic carbocycles. The smallest absolute Gasteiger partial charge is 0.289 e. The number of nitrogens with one attached hydrogen (secondary N) is 2. The number of halogens is 1. The van der Waals surface area contributed by atoms with Gasteiger partial charge in [0.2, 0.25) is 11.7 Å². The molecule has 0 unspecified atom stereocenters. The lowest BCUT2D eigenvalue weighted by Gasteiger charge is -2.12. The first-order valence-electron chi connectivity index (χ1n) is 7.16. The summed E-state index contributed by atoms with van der Waals surface area (Å²) in [5.41, 5.74) is 1.46. The van der Waals surface area contributed by atoms with Crippen molar-refractivity contribution in [3.8, 4) is 11.5 Å². The zero-order chi connectivity index (χ0) is 15.2. The largest absolute Gasteiger partial charge is 0.431 e. The zero-order valence-corrected chi connectivity index (χ0v) is 13.9. The zero-order valence-electron chi connectivity index (χ0n) is 13.1. The fourth-order valence-corrected chi connectivity index (χ4v) is 2.06. The average molecular weight is 324 g/mol. The van der Waals surface area contributed by atoms with Crippen LogP contribution in [0.3, 0.4) is 0 Å². The van der Waals surface area contributed by atoms with Crippen LogP contribution < -0.4 is 10.6 Å². The Kier molecular flexibility index (Phi) is 7.08. The van der Waals surface area contributed by atoms with E-state index in [1.54, 1.807) is 6.92 Å². The first kappa shape index (κ1) is 18.2. The first-order chi connectivity index (χ1) is 10.1. The minimum atomic E-state index is -0.230. The van der Waals surface area contributed by atoms with E-state index in [1.165, 1.54) is 0 Å². The van der Waals surface area contributed by atoms with Crippen LogP contribution in [0, 0.1) is 6.92 Å². The van der Waals surface area contributed by atoms with Gasteiger partial charge in [-0.25, -0.2) is 4.98 Å². The van der Waals surface area contributed by atoms with E-state index in [2.05, 4.69) is 15.6 Å². The van der Waals surface area contributed by atoms with Crippen LogP contribution in [0.4, 0.5) is 0 Å². The normalized spacial score (nSPS) is 11.6. The fraction of sp³-hybridized carbons (Fsp3) is 0.375. The van der Waals surface area contributed by atoms with Crippen molar-refractivity contribution in [2.75, 3.05) is 13.1 Å². The second-order valence-corrected chi connectivity index (χ2v) is 4.97. The minimum absolute atomic E-state index is 0. The highest BCUT2D eigenvalue weighted by Crippen LogP contribution is 2.21. The summed E-state index contributed by atoms with van der Waals surface area (Å²) < 4.78 is 5.61. The lowest BCUT2D eigenvalue weighted by Crippen LogP contribution is -2.38. The van der Waals surface area contributed by atoms with E-state index in [9.17, 15) is 4.79 Å². The van der Waals surface area contributed by atoms with Crippen LogP contribution in [0.15, 0.2) is 34.7 Å². The minimum Gasteiger partial charge on any atom is -0.431 e. The van der Waals surface area contributed by atoms with E-state index in [-0.39, 0.29) is 30.1 Å². The van der Waals surface area contributed by atoms with E-state index in [1.807, 2.05) is 44.2 Å². The van der Waals surface area contributed by atoms with Gasteiger partial charge in [0.15, 0.2) is 0 Å². The molecule has 0 saturated carbocycles. The number of aryl methyl sites for hydroxylation is 1. The van der Waals surface area contributed by atoms with Crippen LogP contribution in [0.25, 0.3) is 11.5 Å². The summed E-state index contributed by atoms with van der Waals surface area (Å²) in [6.07, 6.45) is 0. The Labute approximate surface area is 136 Å². The molecule has 0 radical (unpaired) electrons. The van der Waals surface area contributed by atoms with Crippen molar-refractivity contribution in [2.45, 2.75) is 26.8 Å². The van der Waals surface area contributed by atoms with Crippen molar-refractivity contribution in [1.29, 1.82) is 0 Å². The summed E-state index contributed by atoms with van der Waals surface area (Å²) >= 11 is 0. The number of likely N-dealkylation sites (N-methyl/N-ethyl adjacent to an activating group) is 1. The maximum absolute atomic E-state index is 12.1. The predicted molar refractivity (Wildman–Crippen MR) is 89.4 cm³/mol. The van der Waals surface area contributed by atoms with Crippen LogP contribution >= 0.6 is 12.4 Å². The molecule has 2 N–H and O–H groups in total. The number of oxazole rings is 1. The third-order valence-corrected chi connectivity index (χ3v) is 3.14. The number of aromatic nitrogens is 1. The topological polar surface area (TPSA) is 67.2 Å². The van der Waals surface area contributed by atoms with Gasteiger partial charge in [0, 0.05) is 18.2 Å². The fourth-order valence-electron chi connectivity index (χ4n) is 2.06. The lowest BCUT2D eigenvalue weighted by molar-refractivity contribution is 0.0922. The highest BCUT2D eigenvalue weighted by atomic mass is 35.5. The second kappa shape index (κ2) is 8.56. The van der Waals surface area contributed by atoms with Gasteiger partial charge in [0.1, 0.15) is 0 Å². The molecule has 5 nitrogen and oxygen atoms in total. The Morgan fingerprint density at radius 1 is 1.32 bits per heavy atom. The number of carbonyl (C=O) groups is 1. The van der Waals surface area contributed by atoms with Gasteiger partial charge in [-0.2, -0.15) is 0 Å². The predicted octanol–water partition coefficient (Wildman–Crippen LogP) is 2.80. The Bertz CT molecular complexity index is 599. The molecule has 0 bridgehead atoms. The van der Waals surface area contributed by atoms with Crippen molar-refractivity contribution in [2.24, 2.45) is 0 Å². The molecule has 0 saturated heterocycles. The van der Waals surface area contributed by atoms with Gasteiger partial charge in [-0.15, -0.1) is 12.4 Å². The van der Waals surface area contributed by atoms with Crippen molar-refractivity contribution >= 4 is 18.3 Å². The third-order valence-electron chi connectivity index (χ3n) is 3.14. The molecule has 1 heterocycles. The van der Waals surface area contributed by atoms with E-state index >= 15 is 0 Å². The highest BCUT2D eigenvalue weighted by Gasteiger charge is 2.18. The molecule has 1 aromatic carbocycles. The molecule has 0 fully saturated rings. The van der Waals surface area contributed by atoms with Gasteiger partial charge >= 0.3 is 0 Å². The molecule has 1 atom stereocenters. The number of hydrogen-bond acceptors (Lipinski definition) is 4. The number of nitrogens with zero attached hydrogens (tertiary/aromatic N) is 1. The van der Waals surface area contributed by atoms with E-state index in [0.717, 1.165) is 12.1 Å². The number of carbonyl (C=O) groups excluding carboxylic acids is 1. The average Bonchev–Trinajstić information content (AvgIpc) is 2.88. The monoisotopic (exact) mass is 323 g/mol. The molecular formula is C16H22ClN3O2. The van der Waals surface area contributed by atoms with Crippen LogP contribution in [-0.4, -0.2) is 30.0 Å². The van der Waals surface area contributed by atoms with Crippen molar-refractivity contribution in [1.82, 2.24) is 15.6 Å². The standard InChI is InChI=1S/C16H21N3O2.ClH/c1-4-17-11(2)10-18-15(20)14-12(3)19-16(21-14)13-8-6-5-7-9-13;/h5-9,11,17H,4,10H2,1-3H3,(H,18,20);1H/t11-;/m1./s1. The van der Waals surface area contributed by atoms with E-state index < -0.39 is 0 Å². The maximum Gasteiger partial charge on any atom is 0.289 e. The summed E-state index contributed by atoms with van der Waals surface area (Å²) in [7, 11) is 0. The Hall–Kier alpha value is -1.85. The molecule has 22 heavy (non-hydrogen) atoms. The molecule has 1 amide bonds. The molecule has 0 aliphatic rings. The Morgan fingerprint density at radius 2 is 2.00 bits per heavy atom. The van der Waals surface area contributed by atoms with Gasteiger partial charge in [0.05, 0.1) is 5.69 Å². The van der Waals surface area contributed by atoms with Crippen LogP contribution in [-0.2, 0) is 0 Å². The summed E-state index contributed by atoms with van der Waals surface area (Å²) in [6, 6.07) is 9.77. The molecule has 120 valence electrons. The lowest BCUT2D eigenvalue weighted by atomic mass is 10.2. The van der Waals surface area contributed by atoms with Gasteiger partial charge in [0.25, 0.3) is 5.91 Å². The van der Waals surface area contributed by atoms with Crippen molar-refractivity contribution < 1.29 is 9.21 Å². The second-order valence-electron chi connectivity index (χ2n) is 4.97. The number of hydrogen-bond donors (Lipinski definition) is 2. The maximum atomic E-state index is 12.1. The van der Waals surface area contributed by atoms with Gasteiger partial charge in [-0.05, 0) is 32.5 Å².